The van der Waals surface area contributed by atoms with E-state index in [0.29, 0.717) is 12.8 Å². The molecule has 0 radical (unpaired) electrons. The van der Waals surface area contributed by atoms with Crippen molar-refractivity contribution in [1.82, 2.24) is 19.6 Å². The van der Waals surface area contributed by atoms with Crippen molar-refractivity contribution in [3.63, 3.8) is 0 Å². The third kappa shape index (κ3) is 4.74. The zero-order valence-corrected chi connectivity index (χ0v) is 14.2. The molecule has 0 saturated carbocycles. The van der Waals surface area contributed by atoms with Gasteiger partial charge in [-0.1, -0.05) is 0 Å². The number of rotatable bonds is 6. The van der Waals surface area contributed by atoms with Crippen LogP contribution >= 0.6 is 7.37 Å². The molecule has 0 aliphatic rings. The maximum atomic E-state index is 12.5. The monoisotopic (exact) mass is 312 g/mol. The minimum absolute atomic E-state index is 0.378. The number of nitrogens with zero attached hydrogens (tertiary/aromatic N) is 4. The summed E-state index contributed by atoms with van der Waals surface area (Å²) in [5.41, 5.74) is 0.793. The van der Waals surface area contributed by atoms with Gasteiger partial charge in [-0.3, -0.25) is 13.9 Å². The van der Waals surface area contributed by atoms with Gasteiger partial charge in [0.15, 0.2) is 15.7 Å². The number of aromatic nitrogens is 4. The average molecular weight is 312 g/mol. The minimum Gasteiger partial charge on any atom is -0.370 e. The lowest BCUT2D eigenvalue weighted by Gasteiger charge is -2.22. The van der Waals surface area contributed by atoms with Gasteiger partial charge in [0, 0.05) is 25.3 Å². The fraction of sp³-hybridized carbons (Fsp3) is 0.500. The fourth-order valence-corrected chi connectivity index (χ4v) is 7.66. The van der Waals surface area contributed by atoms with Crippen LogP contribution in [0, 0.1) is 0 Å². The molecule has 6 nitrogen and oxygen atoms in total. The first-order valence-electron chi connectivity index (χ1n) is 6.51. The molecule has 20 heavy (non-hydrogen) atoms. The van der Waals surface area contributed by atoms with Crippen LogP contribution in [-0.2, 0) is 21.6 Å². The second kappa shape index (κ2) is 5.67. The van der Waals surface area contributed by atoms with Gasteiger partial charge < -0.3 is 4.21 Å². The van der Waals surface area contributed by atoms with Gasteiger partial charge in [-0.15, -0.1) is 0 Å². The smallest absolute Gasteiger partial charge is 0.196 e. The van der Waals surface area contributed by atoms with Crippen molar-refractivity contribution >= 4 is 15.7 Å². The Kier molecular flexibility index (Phi) is 4.32. The van der Waals surface area contributed by atoms with Crippen LogP contribution in [0.3, 0.4) is 0 Å². The standard InChI is InChI=1S/C12H21N4O2PSi/c1-19(17,18-20(2,3)4)10-12-6-9-16(14-12)11-15-8-5-7-13-15/h5-9H,10-11H2,1-4H3. The van der Waals surface area contributed by atoms with E-state index in [-0.39, 0.29) is 0 Å². The van der Waals surface area contributed by atoms with Crippen molar-refractivity contribution < 1.29 is 8.78 Å². The fourth-order valence-electron chi connectivity index (χ4n) is 2.01. The molecule has 0 saturated heterocycles. The Morgan fingerprint density at radius 1 is 1.30 bits per heavy atom. The van der Waals surface area contributed by atoms with Gasteiger partial charge in [0.05, 0.1) is 11.9 Å². The highest BCUT2D eigenvalue weighted by Gasteiger charge is 2.27. The molecular formula is C12H21N4O2PSi. The van der Waals surface area contributed by atoms with Gasteiger partial charge >= 0.3 is 0 Å². The quantitative estimate of drug-likeness (QED) is 0.608. The lowest BCUT2D eigenvalue weighted by Crippen LogP contribution is -2.23. The van der Waals surface area contributed by atoms with Crippen molar-refractivity contribution in [3.05, 3.63) is 36.4 Å². The molecule has 0 amide bonds. The molecule has 1 atom stereocenters. The van der Waals surface area contributed by atoms with E-state index in [9.17, 15) is 4.57 Å². The van der Waals surface area contributed by atoms with E-state index < -0.39 is 15.7 Å². The van der Waals surface area contributed by atoms with Gasteiger partial charge in [0.1, 0.15) is 6.67 Å². The first-order valence-corrected chi connectivity index (χ1v) is 12.2. The molecular weight excluding hydrogens is 291 g/mol. The molecule has 0 aliphatic heterocycles. The molecule has 0 bridgehead atoms. The van der Waals surface area contributed by atoms with E-state index in [1.807, 2.05) is 44.2 Å². The Balaban J connectivity index is 2.00. The van der Waals surface area contributed by atoms with Crippen LogP contribution < -0.4 is 0 Å². The van der Waals surface area contributed by atoms with Crippen LogP contribution in [0.5, 0.6) is 0 Å². The van der Waals surface area contributed by atoms with E-state index in [0.717, 1.165) is 5.69 Å². The van der Waals surface area contributed by atoms with Gasteiger partial charge in [0.25, 0.3) is 0 Å². The molecule has 1 unspecified atom stereocenters. The normalized spacial score (nSPS) is 15.2. The third-order valence-electron chi connectivity index (χ3n) is 2.46. The molecule has 110 valence electrons. The molecule has 8 heteroatoms. The summed E-state index contributed by atoms with van der Waals surface area (Å²) >= 11 is 0. The van der Waals surface area contributed by atoms with Crippen LogP contribution in [0.15, 0.2) is 30.7 Å². The first kappa shape index (κ1) is 15.2. The predicted octanol–water partition coefficient (Wildman–Crippen LogP) is 2.84. The Morgan fingerprint density at radius 3 is 2.65 bits per heavy atom. The van der Waals surface area contributed by atoms with E-state index in [1.165, 1.54) is 0 Å². The van der Waals surface area contributed by atoms with Crippen molar-refractivity contribution in [3.8, 4) is 0 Å². The second-order valence-corrected chi connectivity index (χ2v) is 13.2. The highest BCUT2D eigenvalue weighted by Crippen LogP contribution is 2.48. The summed E-state index contributed by atoms with van der Waals surface area (Å²) in [7, 11) is -4.43. The minimum atomic E-state index is -2.63. The van der Waals surface area contributed by atoms with Crippen LogP contribution in [0.2, 0.25) is 19.6 Å². The molecule has 2 heterocycles. The zero-order valence-electron chi connectivity index (χ0n) is 12.4. The first-order chi connectivity index (χ1) is 9.23. The Morgan fingerprint density at radius 2 is 2.05 bits per heavy atom. The lowest BCUT2D eigenvalue weighted by molar-refractivity contribution is 0.482. The van der Waals surface area contributed by atoms with Gasteiger partial charge in [-0.05, 0) is 31.8 Å². The molecule has 2 rings (SSSR count). The molecule has 2 aromatic heterocycles. The number of hydrogen-bond acceptors (Lipinski definition) is 4. The summed E-state index contributed by atoms with van der Waals surface area (Å²) in [6.07, 6.45) is 5.85. The maximum absolute atomic E-state index is 12.5. The summed E-state index contributed by atoms with van der Waals surface area (Å²) in [6, 6.07) is 3.75. The van der Waals surface area contributed by atoms with Crippen molar-refractivity contribution in [1.29, 1.82) is 0 Å². The zero-order chi connectivity index (χ0) is 14.8. The summed E-state index contributed by atoms with van der Waals surface area (Å²) < 4.78 is 21.8. The molecule has 0 fully saturated rings. The Bertz CT molecular complexity index is 603. The molecule has 0 aliphatic carbocycles. The Hall–Kier alpha value is -1.17. The Labute approximate surface area is 120 Å². The molecule has 0 N–H and O–H groups in total. The van der Waals surface area contributed by atoms with Crippen molar-refractivity contribution in [2.24, 2.45) is 0 Å². The van der Waals surface area contributed by atoms with Crippen molar-refractivity contribution in [2.45, 2.75) is 32.5 Å². The summed E-state index contributed by atoms with van der Waals surface area (Å²) in [4.78, 5) is 0. The van der Waals surface area contributed by atoms with Crippen LogP contribution in [0.25, 0.3) is 0 Å². The van der Waals surface area contributed by atoms with Gasteiger partial charge in [-0.2, -0.15) is 10.2 Å². The number of hydrogen-bond donors (Lipinski definition) is 0. The topological polar surface area (TPSA) is 61.9 Å². The SMILES string of the molecule is C[Si](C)(C)OP(C)(=O)Cc1ccn(Cn2cccn2)n1. The van der Waals surface area contributed by atoms with Crippen LogP contribution in [-0.4, -0.2) is 34.5 Å². The maximum Gasteiger partial charge on any atom is 0.196 e. The van der Waals surface area contributed by atoms with E-state index >= 15 is 0 Å². The van der Waals surface area contributed by atoms with Crippen molar-refractivity contribution in [2.75, 3.05) is 6.66 Å². The third-order valence-corrected chi connectivity index (χ3v) is 7.10. The second-order valence-electron chi connectivity index (χ2n) is 5.91. The van der Waals surface area contributed by atoms with E-state index in [4.69, 9.17) is 4.21 Å². The summed E-state index contributed by atoms with van der Waals surface area (Å²) in [5, 5.41) is 8.55. The predicted molar refractivity (Wildman–Crippen MR) is 81.5 cm³/mol. The highest BCUT2D eigenvalue weighted by atomic mass is 31.2. The highest BCUT2D eigenvalue weighted by molar-refractivity contribution is 7.58. The molecule has 2 aromatic rings. The lowest BCUT2D eigenvalue weighted by atomic mass is 10.5. The van der Waals surface area contributed by atoms with Crippen LogP contribution in [0.1, 0.15) is 5.69 Å². The van der Waals surface area contributed by atoms with Gasteiger partial charge in [-0.25, -0.2) is 0 Å². The molecule has 0 spiro atoms. The van der Waals surface area contributed by atoms with Gasteiger partial charge in [0.2, 0.25) is 0 Å². The van der Waals surface area contributed by atoms with E-state index in [1.54, 1.807) is 22.2 Å². The molecule has 0 aromatic carbocycles. The van der Waals surface area contributed by atoms with E-state index in [2.05, 4.69) is 10.2 Å². The summed E-state index contributed by atoms with van der Waals surface area (Å²) in [5.74, 6) is 0. The largest absolute Gasteiger partial charge is 0.370 e. The van der Waals surface area contributed by atoms with Crippen LogP contribution in [0.4, 0.5) is 0 Å². The summed E-state index contributed by atoms with van der Waals surface area (Å²) in [6.45, 7) is 8.37. The average Bonchev–Trinajstić information content (AvgIpc) is 2.86.